The highest BCUT2D eigenvalue weighted by Crippen LogP contribution is 2.18. The highest BCUT2D eigenvalue weighted by Gasteiger charge is 2.15. The van der Waals surface area contributed by atoms with E-state index in [1.54, 1.807) is 21.1 Å². The molecule has 1 amide bonds. The van der Waals surface area contributed by atoms with Crippen LogP contribution in [0.25, 0.3) is 0 Å². The predicted molar refractivity (Wildman–Crippen MR) is 112 cm³/mol. The van der Waals surface area contributed by atoms with Crippen molar-refractivity contribution >= 4 is 11.9 Å². The number of guanidine groups is 1. The van der Waals surface area contributed by atoms with Gasteiger partial charge in [0.15, 0.2) is 12.6 Å². The summed E-state index contributed by atoms with van der Waals surface area (Å²) < 4.78 is 11.0. The number of nitrogens with zero attached hydrogens (tertiary/aromatic N) is 3. The molecule has 1 saturated heterocycles. The molecule has 1 aromatic rings. The van der Waals surface area contributed by atoms with Crippen LogP contribution in [0.2, 0.25) is 0 Å². The second-order valence-corrected chi connectivity index (χ2v) is 7.39. The molecule has 1 aliphatic rings. The first-order chi connectivity index (χ1) is 13.5. The van der Waals surface area contributed by atoms with Crippen LogP contribution >= 0.6 is 0 Å². The Morgan fingerprint density at radius 1 is 1.29 bits per heavy atom. The maximum absolute atomic E-state index is 11.7. The molecule has 1 fully saturated rings. The summed E-state index contributed by atoms with van der Waals surface area (Å²) in [5, 5.41) is 3.40. The van der Waals surface area contributed by atoms with Crippen LogP contribution in [0.5, 0.6) is 5.75 Å². The number of nitrogens with one attached hydrogen (secondary N) is 1. The molecule has 0 bridgehead atoms. The summed E-state index contributed by atoms with van der Waals surface area (Å²) in [6.45, 7) is 3.44. The maximum atomic E-state index is 11.7. The minimum Gasteiger partial charge on any atom is -0.484 e. The van der Waals surface area contributed by atoms with Gasteiger partial charge in [0.05, 0.1) is 0 Å². The van der Waals surface area contributed by atoms with Gasteiger partial charge >= 0.3 is 0 Å². The van der Waals surface area contributed by atoms with Gasteiger partial charge in [0.2, 0.25) is 0 Å². The van der Waals surface area contributed by atoms with Gasteiger partial charge in [-0.25, -0.2) is 0 Å². The number of likely N-dealkylation sites (N-methyl/N-ethyl adjacent to an activating group) is 1. The molecule has 7 nitrogen and oxygen atoms in total. The average molecular weight is 391 g/mol. The van der Waals surface area contributed by atoms with Crippen molar-refractivity contribution in [2.75, 3.05) is 54.6 Å². The lowest BCUT2D eigenvalue weighted by Crippen LogP contribution is -2.39. The minimum atomic E-state index is -0.0601. The van der Waals surface area contributed by atoms with Crippen molar-refractivity contribution in [3.8, 4) is 5.75 Å². The molecule has 0 aliphatic carbocycles. The normalized spacial score (nSPS) is 15.2. The number of aliphatic imine (C=N–C) groups is 1. The van der Waals surface area contributed by atoms with E-state index in [1.165, 1.54) is 4.90 Å². The highest BCUT2D eigenvalue weighted by atomic mass is 16.5. The quantitative estimate of drug-likeness (QED) is 0.543. The van der Waals surface area contributed by atoms with Gasteiger partial charge in [-0.15, -0.1) is 0 Å². The zero-order valence-corrected chi connectivity index (χ0v) is 17.6. The summed E-state index contributed by atoms with van der Waals surface area (Å²) >= 11 is 0. The maximum Gasteiger partial charge on any atom is 0.259 e. The lowest BCUT2D eigenvalue weighted by molar-refractivity contribution is -0.130. The van der Waals surface area contributed by atoms with E-state index < -0.39 is 0 Å². The van der Waals surface area contributed by atoms with E-state index in [2.05, 4.69) is 22.3 Å². The fourth-order valence-electron chi connectivity index (χ4n) is 3.10. The second-order valence-electron chi connectivity index (χ2n) is 7.39. The molecule has 0 saturated carbocycles. The number of benzene rings is 1. The van der Waals surface area contributed by atoms with Gasteiger partial charge in [0.1, 0.15) is 5.75 Å². The van der Waals surface area contributed by atoms with Crippen molar-refractivity contribution in [2.45, 2.75) is 25.8 Å². The fourth-order valence-corrected chi connectivity index (χ4v) is 3.10. The molecule has 0 radical (unpaired) electrons. The van der Waals surface area contributed by atoms with E-state index >= 15 is 0 Å². The van der Waals surface area contributed by atoms with Crippen LogP contribution in [-0.2, 0) is 16.1 Å². The third-order valence-corrected chi connectivity index (χ3v) is 5.00. The average Bonchev–Trinajstić information content (AvgIpc) is 2.72. The lowest BCUT2D eigenvalue weighted by Gasteiger charge is -2.26. The van der Waals surface area contributed by atoms with E-state index in [0.717, 1.165) is 56.5 Å². The van der Waals surface area contributed by atoms with Crippen molar-refractivity contribution in [3.63, 3.8) is 0 Å². The number of rotatable bonds is 8. The number of carbonyl (C=O) groups excluding carboxylic acids is 1. The Labute approximate surface area is 168 Å². The van der Waals surface area contributed by atoms with Crippen LogP contribution in [0.3, 0.4) is 0 Å². The van der Waals surface area contributed by atoms with Crippen molar-refractivity contribution < 1.29 is 14.3 Å². The largest absolute Gasteiger partial charge is 0.484 e. The molecule has 1 heterocycles. The summed E-state index contributed by atoms with van der Waals surface area (Å²) in [6, 6.07) is 7.78. The van der Waals surface area contributed by atoms with E-state index in [0.29, 0.717) is 12.3 Å². The third-order valence-electron chi connectivity index (χ3n) is 5.00. The first kappa shape index (κ1) is 22.0. The molecule has 28 heavy (non-hydrogen) atoms. The summed E-state index contributed by atoms with van der Waals surface area (Å²) in [5.74, 6) is 2.25. The molecule has 2 rings (SSSR count). The number of carbonyl (C=O) groups is 1. The van der Waals surface area contributed by atoms with Crippen LogP contribution in [0.4, 0.5) is 0 Å². The van der Waals surface area contributed by atoms with Gasteiger partial charge in [0, 0.05) is 54.5 Å². The van der Waals surface area contributed by atoms with Crippen LogP contribution in [0.1, 0.15) is 24.8 Å². The Kier molecular flexibility index (Phi) is 9.07. The van der Waals surface area contributed by atoms with E-state index in [-0.39, 0.29) is 12.5 Å². The number of hydrogen-bond acceptors (Lipinski definition) is 4. The standard InChI is InChI=1S/C21H34N4O3/c1-22-21(25(4)11-8-17-9-12-27-13-10-17)23-15-18-6-5-7-19(14-18)28-16-20(26)24(2)3/h5-7,14,17H,8-13,15-16H2,1-4H3,(H,22,23). The zero-order valence-electron chi connectivity index (χ0n) is 17.6. The predicted octanol–water partition coefficient (Wildman–Crippen LogP) is 1.98. The minimum absolute atomic E-state index is 0.0422. The molecule has 0 spiro atoms. The van der Waals surface area contributed by atoms with Crippen molar-refractivity contribution in [2.24, 2.45) is 10.9 Å². The zero-order chi connectivity index (χ0) is 20.4. The third kappa shape index (κ3) is 7.38. The van der Waals surface area contributed by atoms with Gasteiger partial charge in [-0.3, -0.25) is 9.79 Å². The molecule has 7 heteroatoms. The van der Waals surface area contributed by atoms with Crippen LogP contribution in [-0.4, -0.2) is 76.2 Å². The summed E-state index contributed by atoms with van der Waals surface area (Å²) in [7, 11) is 7.31. The smallest absolute Gasteiger partial charge is 0.259 e. The fraction of sp³-hybridized carbons (Fsp3) is 0.619. The molecule has 0 unspecified atom stereocenters. The van der Waals surface area contributed by atoms with Crippen LogP contribution in [0.15, 0.2) is 29.3 Å². The molecule has 0 atom stereocenters. The number of amides is 1. The molecule has 1 aliphatic heterocycles. The highest BCUT2D eigenvalue weighted by molar-refractivity contribution is 5.79. The first-order valence-electron chi connectivity index (χ1n) is 9.91. The number of ether oxygens (including phenoxy) is 2. The van der Waals surface area contributed by atoms with Gasteiger partial charge in [0.25, 0.3) is 5.91 Å². The van der Waals surface area contributed by atoms with E-state index in [4.69, 9.17) is 9.47 Å². The Morgan fingerprint density at radius 3 is 2.71 bits per heavy atom. The van der Waals surface area contributed by atoms with Crippen LogP contribution < -0.4 is 10.1 Å². The van der Waals surface area contributed by atoms with Crippen molar-refractivity contribution in [3.05, 3.63) is 29.8 Å². The Bertz CT molecular complexity index is 642. The Morgan fingerprint density at radius 2 is 2.04 bits per heavy atom. The number of hydrogen-bond donors (Lipinski definition) is 1. The van der Waals surface area contributed by atoms with Crippen molar-refractivity contribution in [1.82, 2.24) is 15.1 Å². The first-order valence-corrected chi connectivity index (χ1v) is 9.91. The molecular weight excluding hydrogens is 356 g/mol. The Hall–Kier alpha value is -2.28. The van der Waals surface area contributed by atoms with Gasteiger partial charge in [-0.05, 0) is 42.9 Å². The SMILES string of the molecule is CN=C(NCc1cccc(OCC(=O)N(C)C)c1)N(C)CCC1CCOCC1. The molecule has 0 aromatic heterocycles. The summed E-state index contributed by atoms with van der Waals surface area (Å²) in [5.41, 5.74) is 1.08. The van der Waals surface area contributed by atoms with Crippen LogP contribution in [0, 0.1) is 5.92 Å². The molecule has 1 aromatic carbocycles. The molecule has 1 N–H and O–H groups in total. The second kappa shape index (κ2) is 11.5. The van der Waals surface area contributed by atoms with Gasteiger partial charge < -0.3 is 24.6 Å². The van der Waals surface area contributed by atoms with Gasteiger partial charge in [-0.2, -0.15) is 0 Å². The Balaban J connectivity index is 1.80. The summed E-state index contributed by atoms with van der Waals surface area (Å²) in [6.07, 6.45) is 3.47. The molecular formula is C21H34N4O3. The van der Waals surface area contributed by atoms with E-state index in [9.17, 15) is 4.79 Å². The monoisotopic (exact) mass is 390 g/mol. The van der Waals surface area contributed by atoms with E-state index in [1.807, 2.05) is 24.3 Å². The van der Waals surface area contributed by atoms with Gasteiger partial charge in [-0.1, -0.05) is 12.1 Å². The topological polar surface area (TPSA) is 66.4 Å². The summed E-state index contributed by atoms with van der Waals surface area (Å²) in [4.78, 5) is 19.8. The van der Waals surface area contributed by atoms with Crippen molar-refractivity contribution in [1.29, 1.82) is 0 Å². The lowest BCUT2D eigenvalue weighted by atomic mass is 9.96. The molecule has 156 valence electrons.